The second-order valence-corrected chi connectivity index (χ2v) is 4.33. The standard InChI is InChI=1S/C13H19FN2O2/c1-3-4-5-12(13(17)16-18)15-11-7-9(2)6-10(14)8-11/h6-8,12,15,18H,3-5H2,1-2H3,(H,16,17). The Morgan fingerprint density at radius 1 is 1.44 bits per heavy atom. The second kappa shape index (κ2) is 6.96. The van der Waals surface area contributed by atoms with Crippen molar-refractivity contribution in [2.24, 2.45) is 0 Å². The summed E-state index contributed by atoms with van der Waals surface area (Å²) in [4.78, 5) is 11.5. The van der Waals surface area contributed by atoms with E-state index < -0.39 is 11.9 Å². The summed E-state index contributed by atoms with van der Waals surface area (Å²) in [5, 5.41) is 11.6. The van der Waals surface area contributed by atoms with Crippen molar-refractivity contribution < 1.29 is 14.4 Å². The normalized spacial score (nSPS) is 12.0. The van der Waals surface area contributed by atoms with E-state index in [1.807, 2.05) is 6.92 Å². The van der Waals surface area contributed by atoms with Gasteiger partial charge >= 0.3 is 0 Å². The predicted octanol–water partition coefficient (Wildman–Crippen LogP) is 2.61. The van der Waals surface area contributed by atoms with Crippen LogP contribution in [0.3, 0.4) is 0 Å². The lowest BCUT2D eigenvalue weighted by molar-refractivity contribution is -0.130. The van der Waals surface area contributed by atoms with Gasteiger partial charge in [0.15, 0.2) is 0 Å². The number of anilines is 1. The Hall–Kier alpha value is -1.62. The van der Waals surface area contributed by atoms with Crippen LogP contribution >= 0.6 is 0 Å². The minimum Gasteiger partial charge on any atom is -0.374 e. The molecule has 3 N–H and O–H groups in total. The van der Waals surface area contributed by atoms with Crippen molar-refractivity contribution in [1.82, 2.24) is 5.48 Å². The lowest BCUT2D eigenvalue weighted by atomic mass is 10.1. The van der Waals surface area contributed by atoms with Crippen molar-refractivity contribution in [2.75, 3.05) is 5.32 Å². The summed E-state index contributed by atoms with van der Waals surface area (Å²) in [6.45, 7) is 3.79. The van der Waals surface area contributed by atoms with Crippen molar-refractivity contribution in [3.8, 4) is 0 Å². The van der Waals surface area contributed by atoms with Gasteiger partial charge in [-0.05, 0) is 37.1 Å². The largest absolute Gasteiger partial charge is 0.374 e. The molecule has 0 aromatic heterocycles. The van der Waals surface area contributed by atoms with Gasteiger partial charge in [-0.15, -0.1) is 0 Å². The molecule has 1 unspecified atom stereocenters. The highest BCUT2D eigenvalue weighted by molar-refractivity contribution is 5.83. The van der Waals surface area contributed by atoms with E-state index in [1.54, 1.807) is 18.5 Å². The summed E-state index contributed by atoms with van der Waals surface area (Å²) >= 11 is 0. The summed E-state index contributed by atoms with van der Waals surface area (Å²) in [5.74, 6) is -0.860. The number of unbranched alkanes of at least 4 members (excludes halogenated alkanes) is 1. The number of carbonyl (C=O) groups excluding carboxylic acids is 1. The number of benzene rings is 1. The van der Waals surface area contributed by atoms with Crippen molar-refractivity contribution in [3.05, 3.63) is 29.6 Å². The van der Waals surface area contributed by atoms with E-state index in [4.69, 9.17) is 5.21 Å². The molecule has 100 valence electrons. The number of halogens is 1. The van der Waals surface area contributed by atoms with Gasteiger partial charge in [-0.3, -0.25) is 10.0 Å². The summed E-state index contributed by atoms with van der Waals surface area (Å²) in [6, 6.07) is 3.94. The Balaban J connectivity index is 2.78. The number of nitrogens with one attached hydrogen (secondary N) is 2. The van der Waals surface area contributed by atoms with Gasteiger partial charge in [-0.25, -0.2) is 9.87 Å². The SMILES string of the molecule is CCCCC(Nc1cc(C)cc(F)c1)C(=O)NO. The molecular weight excluding hydrogens is 235 g/mol. The van der Waals surface area contributed by atoms with Crippen LogP contribution in [-0.4, -0.2) is 17.2 Å². The zero-order chi connectivity index (χ0) is 13.5. The Morgan fingerprint density at radius 2 is 2.17 bits per heavy atom. The molecule has 0 heterocycles. The van der Waals surface area contributed by atoms with Gasteiger partial charge in [-0.1, -0.05) is 19.8 Å². The zero-order valence-corrected chi connectivity index (χ0v) is 10.7. The van der Waals surface area contributed by atoms with Crippen LogP contribution in [0.25, 0.3) is 0 Å². The summed E-state index contributed by atoms with van der Waals surface area (Å²) in [5.41, 5.74) is 2.94. The first-order chi connectivity index (χ1) is 8.56. The summed E-state index contributed by atoms with van der Waals surface area (Å²) in [6.07, 6.45) is 2.37. The molecule has 4 nitrogen and oxygen atoms in total. The fourth-order valence-electron chi connectivity index (χ4n) is 1.78. The molecular formula is C13H19FN2O2. The maximum absolute atomic E-state index is 13.2. The van der Waals surface area contributed by atoms with Crippen molar-refractivity contribution in [2.45, 2.75) is 39.2 Å². The van der Waals surface area contributed by atoms with Gasteiger partial charge in [0.05, 0.1) is 0 Å². The number of amides is 1. The lowest BCUT2D eigenvalue weighted by Gasteiger charge is -2.18. The van der Waals surface area contributed by atoms with Crippen LogP contribution in [0.5, 0.6) is 0 Å². The van der Waals surface area contributed by atoms with E-state index in [-0.39, 0.29) is 5.82 Å². The quantitative estimate of drug-likeness (QED) is 0.540. The molecule has 1 aromatic rings. The van der Waals surface area contributed by atoms with Gasteiger partial charge in [0.1, 0.15) is 11.9 Å². The maximum atomic E-state index is 13.2. The third kappa shape index (κ3) is 4.33. The fraction of sp³-hybridized carbons (Fsp3) is 0.462. The average Bonchev–Trinajstić information content (AvgIpc) is 2.32. The van der Waals surface area contributed by atoms with Crippen molar-refractivity contribution in [3.63, 3.8) is 0 Å². The average molecular weight is 254 g/mol. The van der Waals surface area contributed by atoms with Crippen LogP contribution in [0.2, 0.25) is 0 Å². The minimum absolute atomic E-state index is 0.351. The van der Waals surface area contributed by atoms with E-state index in [0.717, 1.165) is 18.4 Å². The van der Waals surface area contributed by atoms with Crippen molar-refractivity contribution in [1.29, 1.82) is 0 Å². The second-order valence-electron chi connectivity index (χ2n) is 4.33. The monoisotopic (exact) mass is 254 g/mol. The first-order valence-electron chi connectivity index (χ1n) is 6.04. The minimum atomic E-state index is -0.559. The molecule has 0 aliphatic rings. The van der Waals surface area contributed by atoms with Crippen LogP contribution in [0.1, 0.15) is 31.7 Å². The molecule has 0 radical (unpaired) electrons. The molecule has 1 atom stereocenters. The maximum Gasteiger partial charge on any atom is 0.265 e. The van der Waals surface area contributed by atoms with Crippen molar-refractivity contribution >= 4 is 11.6 Å². The van der Waals surface area contributed by atoms with Gasteiger partial charge in [0.25, 0.3) is 5.91 Å². The molecule has 0 fully saturated rings. The third-order valence-electron chi connectivity index (χ3n) is 2.66. The Bertz CT molecular complexity index is 390. The number of carbonyl (C=O) groups is 1. The van der Waals surface area contributed by atoms with E-state index in [2.05, 4.69) is 5.32 Å². The van der Waals surface area contributed by atoms with E-state index >= 15 is 0 Å². The molecule has 18 heavy (non-hydrogen) atoms. The lowest BCUT2D eigenvalue weighted by Crippen LogP contribution is -2.38. The smallest absolute Gasteiger partial charge is 0.265 e. The zero-order valence-electron chi connectivity index (χ0n) is 10.7. The molecule has 5 heteroatoms. The molecule has 0 aliphatic carbocycles. The number of rotatable bonds is 6. The van der Waals surface area contributed by atoms with E-state index in [9.17, 15) is 9.18 Å². The molecule has 0 saturated carbocycles. The van der Waals surface area contributed by atoms with E-state index in [1.165, 1.54) is 12.1 Å². The Labute approximate surface area is 106 Å². The van der Waals surface area contributed by atoms with Gasteiger partial charge in [0, 0.05) is 5.69 Å². The highest BCUT2D eigenvalue weighted by Gasteiger charge is 2.17. The van der Waals surface area contributed by atoms with Crippen LogP contribution in [-0.2, 0) is 4.79 Å². The van der Waals surface area contributed by atoms with Gasteiger partial charge in [-0.2, -0.15) is 0 Å². The van der Waals surface area contributed by atoms with Crippen LogP contribution in [0.4, 0.5) is 10.1 Å². The number of aryl methyl sites for hydroxylation is 1. The van der Waals surface area contributed by atoms with Gasteiger partial charge < -0.3 is 5.32 Å². The summed E-state index contributed by atoms with van der Waals surface area (Å²) in [7, 11) is 0. The molecule has 0 bridgehead atoms. The van der Waals surface area contributed by atoms with Crippen LogP contribution in [0.15, 0.2) is 18.2 Å². The molecule has 0 saturated heterocycles. The number of hydrogen-bond acceptors (Lipinski definition) is 3. The highest BCUT2D eigenvalue weighted by atomic mass is 19.1. The summed E-state index contributed by atoms with van der Waals surface area (Å²) < 4.78 is 13.2. The molecule has 1 aromatic carbocycles. The van der Waals surface area contributed by atoms with E-state index in [0.29, 0.717) is 12.1 Å². The molecule has 0 aliphatic heterocycles. The Kier molecular flexibility index (Phi) is 5.58. The van der Waals surface area contributed by atoms with Crippen LogP contribution < -0.4 is 10.8 Å². The van der Waals surface area contributed by atoms with Gasteiger partial charge in [0.2, 0.25) is 0 Å². The first kappa shape index (κ1) is 14.4. The highest BCUT2D eigenvalue weighted by Crippen LogP contribution is 2.16. The first-order valence-corrected chi connectivity index (χ1v) is 6.04. The molecule has 1 amide bonds. The Morgan fingerprint density at radius 3 is 2.72 bits per heavy atom. The number of hydroxylamine groups is 1. The number of hydrogen-bond donors (Lipinski definition) is 3. The molecule has 1 rings (SSSR count). The van der Waals surface area contributed by atoms with Crippen LogP contribution in [0, 0.1) is 12.7 Å². The third-order valence-corrected chi connectivity index (χ3v) is 2.66. The fourth-order valence-corrected chi connectivity index (χ4v) is 1.78. The molecule has 0 spiro atoms. The topological polar surface area (TPSA) is 61.4 Å². The predicted molar refractivity (Wildman–Crippen MR) is 68.0 cm³/mol.